The number of rotatable bonds is 3. The highest BCUT2D eigenvalue weighted by molar-refractivity contribution is 5.82. The molecule has 16 heavy (non-hydrogen) atoms. The van der Waals surface area contributed by atoms with Crippen LogP contribution in [0.4, 0.5) is 0 Å². The van der Waals surface area contributed by atoms with Gasteiger partial charge in [0.05, 0.1) is 12.1 Å². The Labute approximate surface area is 97.6 Å². The molecule has 0 radical (unpaired) electrons. The van der Waals surface area contributed by atoms with E-state index in [0.29, 0.717) is 12.3 Å². The van der Waals surface area contributed by atoms with Crippen LogP contribution in [-0.2, 0) is 4.79 Å². The van der Waals surface area contributed by atoms with E-state index in [2.05, 4.69) is 5.32 Å². The highest BCUT2D eigenvalue weighted by atomic mass is 16.3. The van der Waals surface area contributed by atoms with Gasteiger partial charge in [0.2, 0.25) is 5.91 Å². The maximum Gasteiger partial charge on any atom is 0.237 e. The number of aliphatic hydroxyl groups excluding tert-OH is 1. The molecule has 94 valence electrons. The van der Waals surface area contributed by atoms with E-state index in [4.69, 9.17) is 5.73 Å². The van der Waals surface area contributed by atoms with Gasteiger partial charge in [-0.05, 0) is 31.1 Å². The summed E-state index contributed by atoms with van der Waals surface area (Å²) >= 11 is 0. The number of hydrogen-bond acceptors (Lipinski definition) is 3. The fraction of sp³-hybridized carbons (Fsp3) is 0.917. The molecule has 1 amide bonds. The minimum Gasteiger partial charge on any atom is -0.393 e. The van der Waals surface area contributed by atoms with Crippen LogP contribution in [0.1, 0.15) is 40.0 Å². The summed E-state index contributed by atoms with van der Waals surface area (Å²) in [6, 6.07) is -0.361. The molecule has 1 aliphatic rings. The van der Waals surface area contributed by atoms with Crippen molar-refractivity contribution in [2.45, 2.75) is 58.2 Å². The van der Waals surface area contributed by atoms with Crippen LogP contribution in [0.25, 0.3) is 0 Å². The molecule has 4 nitrogen and oxygen atoms in total. The number of carbonyl (C=O) groups excluding carboxylic acids is 1. The zero-order valence-corrected chi connectivity index (χ0v) is 10.4. The predicted octanol–water partition coefficient (Wildman–Crippen LogP) is 0.635. The van der Waals surface area contributed by atoms with Crippen LogP contribution in [0.5, 0.6) is 0 Å². The molecule has 0 spiro atoms. The van der Waals surface area contributed by atoms with Gasteiger partial charge in [0.1, 0.15) is 0 Å². The van der Waals surface area contributed by atoms with E-state index in [0.717, 1.165) is 12.8 Å². The number of aliphatic hydroxyl groups is 1. The molecule has 1 fully saturated rings. The van der Waals surface area contributed by atoms with Gasteiger partial charge in [-0.15, -0.1) is 0 Å². The molecule has 1 aliphatic carbocycles. The lowest BCUT2D eigenvalue weighted by Gasteiger charge is -2.32. The molecule has 0 aromatic heterocycles. The third kappa shape index (κ3) is 3.46. The number of hydrogen-bond donors (Lipinski definition) is 3. The molecule has 1 saturated carbocycles. The molecule has 0 aliphatic heterocycles. The molecule has 4 N–H and O–H groups in total. The zero-order valence-electron chi connectivity index (χ0n) is 10.4. The SMILES string of the molecule is CC(C)[C@@H](N)C(=O)N[C@H]1CC[C@H](C)[C@@H](O)C1. The quantitative estimate of drug-likeness (QED) is 0.663. The summed E-state index contributed by atoms with van der Waals surface area (Å²) in [7, 11) is 0. The maximum atomic E-state index is 11.7. The summed E-state index contributed by atoms with van der Waals surface area (Å²) in [5.74, 6) is 0.390. The molecule has 0 aromatic carbocycles. The maximum absolute atomic E-state index is 11.7. The molecule has 0 bridgehead atoms. The highest BCUT2D eigenvalue weighted by Gasteiger charge is 2.28. The molecule has 0 unspecified atom stereocenters. The van der Waals surface area contributed by atoms with E-state index >= 15 is 0 Å². The first-order valence-electron chi connectivity index (χ1n) is 6.15. The molecular weight excluding hydrogens is 204 g/mol. The van der Waals surface area contributed by atoms with E-state index in [-0.39, 0.29) is 24.0 Å². The standard InChI is InChI=1S/C12H24N2O2/c1-7(2)11(13)12(16)14-9-5-4-8(3)10(15)6-9/h7-11,15H,4-6,13H2,1-3H3,(H,14,16)/t8-,9-,10-,11+/m0/s1. The van der Waals surface area contributed by atoms with Gasteiger partial charge in [-0.2, -0.15) is 0 Å². The van der Waals surface area contributed by atoms with Gasteiger partial charge in [-0.3, -0.25) is 4.79 Å². The summed E-state index contributed by atoms with van der Waals surface area (Å²) in [6.45, 7) is 5.91. The average molecular weight is 228 g/mol. The topological polar surface area (TPSA) is 75.4 Å². The van der Waals surface area contributed by atoms with Gasteiger partial charge < -0.3 is 16.2 Å². The predicted molar refractivity (Wildman–Crippen MR) is 63.8 cm³/mol. The van der Waals surface area contributed by atoms with E-state index in [1.165, 1.54) is 0 Å². The fourth-order valence-electron chi connectivity index (χ4n) is 2.03. The minimum absolute atomic E-state index is 0.0866. The molecule has 4 atom stereocenters. The smallest absolute Gasteiger partial charge is 0.237 e. The number of nitrogens with one attached hydrogen (secondary N) is 1. The molecule has 0 heterocycles. The summed E-state index contributed by atoms with van der Waals surface area (Å²) in [4.78, 5) is 11.7. The lowest BCUT2D eigenvalue weighted by molar-refractivity contribution is -0.124. The Morgan fingerprint density at radius 3 is 2.56 bits per heavy atom. The minimum atomic E-state index is -0.448. The summed E-state index contributed by atoms with van der Waals surface area (Å²) in [6.07, 6.45) is 2.25. The van der Waals surface area contributed by atoms with Crippen molar-refractivity contribution < 1.29 is 9.90 Å². The number of amides is 1. The highest BCUT2D eigenvalue weighted by Crippen LogP contribution is 2.24. The summed E-state index contributed by atoms with van der Waals surface area (Å²) < 4.78 is 0. The molecule has 4 heteroatoms. The van der Waals surface area contributed by atoms with Crippen LogP contribution >= 0.6 is 0 Å². The van der Waals surface area contributed by atoms with Gasteiger partial charge in [0.25, 0.3) is 0 Å². The van der Waals surface area contributed by atoms with Crippen molar-refractivity contribution in [3.05, 3.63) is 0 Å². The van der Waals surface area contributed by atoms with Crippen molar-refractivity contribution in [3.63, 3.8) is 0 Å². The second kappa shape index (κ2) is 5.64. The lowest BCUT2D eigenvalue weighted by Crippen LogP contribution is -2.50. The largest absolute Gasteiger partial charge is 0.393 e. The van der Waals surface area contributed by atoms with Crippen molar-refractivity contribution >= 4 is 5.91 Å². The van der Waals surface area contributed by atoms with Gasteiger partial charge in [0, 0.05) is 6.04 Å². The van der Waals surface area contributed by atoms with Crippen molar-refractivity contribution in [1.82, 2.24) is 5.32 Å². The first-order chi connectivity index (χ1) is 7.41. The Kier molecular flexibility index (Phi) is 4.74. The van der Waals surface area contributed by atoms with Crippen LogP contribution in [-0.4, -0.2) is 29.2 Å². The molecular formula is C12H24N2O2. The Morgan fingerprint density at radius 2 is 2.06 bits per heavy atom. The Bertz CT molecular complexity index is 243. The average Bonchev–Trinajstić information content (AvgIpc) is 2.22. The number of nitrogens with two attached hydrogens (primary N) is 1. The van der Waals surface area contributed by atoms with Crippen molar-refractivity contribution in [2.75, 3.05) is 0 Å². The normalized spacial score (nSPS) is 32.5. The van der Waals surface area contributed by atoms with Crippen molar-refractivity contribution in [3.8, 4) is 0 Å². The van der Waals surface area contributed by atoms with E-state index in [1.807, 2.05) is 20.8 Å². The van der Waals surface area contributed by atoms with Gasteiger partial charge in [0.15, 0.2) is 0 Å². The van der Waals surface area contributed by atoms with E-state index in [9.17, 15) is 9.90 Å². The summed E-state index contributed by atoms with van der Waals surface area (Å²) in [5.41, 5.74) is 5.76. The van der Waals surface area contributed by atoms with Crippen LogP contribution in [0.2, 0.25) is 0 Å². The van der Waals surface area contributed by atoms with E-state index < -0.39 is 6.04 Å². The summed E-state index contributed by atoms with van der Waals surface area (Å²) in [5, 5.41) is 12.7. The third-order valence-corrected chi connectivity index (χ3v) is 3.52. The van der Waals surface area contributed by atoms with Crippen LogP contribution in [0.15, 0.2) is 0 Å². The van der Waals surface area contributed by atoms with Crippen molar-refractivity contribution in [2.24, 2.45) is 17.6 Å². The fourth-order valence-corrected chi connectivity index (χ4v) is 2.03. The van der Waals surface area contributed by atoms with Gasteiger partial charge in [-0.1, -0.05) is 20.8 Å². The third-order valence-electron chi connectivity index (χ3n) is 3.52. The second-order valence-corrected chi connectivity index (χ2v) is 5.33. The van der Waals surface area contributed by atoms with E-state index in [1.54, 1.807) is 0 Å². The van der Waals surface area contributed by atoms with Crippen LogP contribution < -0.4 is 11.1 Å². The van der Waals surface area contributed by atoms with Crippen molar-refractivity contribution in [1.29, 1.82) is 0 Å². The molecule has 0 saturated heterocycles. The number of carbonyl (C=O) groups is 1. The Hall–Kier alpha value is -0.610. The Morgan fingerprint density at radius 1 is 1.44 bits per heavy atom. The van der Waals surface area contributed by atoms with Crippen LogP contribution in [0, 0.1) is 11.8 Å². The monoisotopic (exact) mass is 228 g/mol. The zero-order chi connectivity index (χ0) is 12.3. The second-order valence-electron chi connectivity index (χ2n) is 5.33. The van der Waals surface area contributed by atoms with Crippen LogP contribution in [0.3, 0.4) is 0 Å². The van der Waals surface area contributed by atoms with Gasteiger partial charge >= 0.3 is 0 Å². The lowest BCUT2D eigenvalue weighted by atomic mass is 9.84. The first-order valence-corrected chi connectivity index (χ1v) is 6.15. The first kappa shape index (κ1) is 13.5. The van der Waals surface area contributed by atoms with Gasteiger partial charge in [-0.25, -0.2) is 0 Å². The Balaban J connectivity index is 2.40. The molecule has 0 aromatic rings. The molecule has 1 rings (SSSR count).